The Bertz CT molecular complexity index is 331. The van der Waals surface area contributed by atoms with Crippen LogP contribution >= 0.6 is 0 Å². The van der Waals surface area contributed by atoms with E-state index < -0.39 is 23.5 Å². The molecule has 0 fully saturated rings. The molecule has 0 amide bonds. The van der Waals surface area contributed by atoms with Crippen LogP contribution < -0.4 is 5.32 Å². The molecule has 0 saturated carbocycles. The topological polar surface area (TPSA) is 52.5 Å². The number of aromatic hydroxyl groups is 1. The number of phenolic OH excluding ortho intramolecular Hbond substituents is 1. The molecule has 0 saturated heterocycles. The van der Waals surface area contributed by atoms with Crippen LogP contribution in [0.2, 0.25) is 0 Å². The summed E-state index contributed by atoms with van der Waals surface area (Å²) in [6.45, 7) is 0.112. The minimum atomic E-state index is -1.13. The van der Waals surface area contributed by atoms with Crippen molar-refractivity contribution in [3.8, 4) is 5.75 Å². The molecule has 0 aromatic heterocycles. The molecule has 0 aliphatic carbocycles. The van der Waals surface area contributed by atoms with Crippen molar-refractivity contribution >= 4 is 0 Å². The van der Waals surface area contributed by atoms with Gasteiger partial charge in [0.25, 0.3) is 0 Å². The predicted molar refractivity (Wildman–Crippen MR) is 46.9 cm³/mol. The second-order valence-electron chi connectivity index (χ2n) is 2.90. The van der Waals surface area contributed by atoms with Crippen molar-refractivity contribution in [2.75, 3.05) is 13.6 Å². The number of benzene rings is 1. The summed E-state index contributed by atoms with van der Waals surface area (Å²) in [5.41, 5.74) is -0.172. The van der Waals surface area contributed by atoms with Crippen LogP contribution in [0.5, 0.6) is 5.75 Å². The fourth-order valence-electron chi connectivity index (χ4n) is 1.11. The van der Waals surface area contributed by atoms with Gasteiger partial charge in [0.1, 0.15) is 5.82 Å². The SMILES string of the molecule is CNCC(O)c1cc(F)c(O)cc1F. The average molecular weight is 203 g/mol. The van der Waals surface area contributed by atoms with Crippen molar-refractivity contribution in [2.24, 2.45) is 0 Å². The Labute approximate surface area is 80.0 Å². The molecule has 14 heavy (non-hydrogen) atoms. The molecule has 5 heteroatoms. The molecule has 0 spiro atoms. The molecule has 0 aliphatic heterocycles. The van der Waals surface area contributed by atoms with Gasteiger partial charge in [-0.1, -0.05) is 0 Å². The fourth-order valence-corrected chi connectivity index (χ4v) is 1.11. The van der Waals surface area contributed by atoms with Crippen molar-refractivity contribution < 1.29 is 19.0 Å². The van der Waals surface area contributed by atoms with Gasteiger partial charge in [-0.2, -0.15) is 0 Å². The second-order valence-corrected chi connectivity index (χ2v) is 2.90. The molecule has 78 valence electrons. The number of likely N-dealkylation sites (N-methyl/N-ethyl adjacent to an activating group) is 1. The molecule has 3 nitrogen and oxygen atoms in total. The third-order valence-electron chi connectivity index (χ3n) is 1.82. The van der Waals surface area contributed by atoms with Crippen molar-refractivity contribution in [2.45, 2.75) is 6.10 Å². The third-order valence-corrected chi connectivity index (χ3v) is 1.82. The molecule has 0 radical (unpaired) electrons. The van der Waals surface area contributed by atoms with Gasteiger partial charge in [-0.05, 0) is 13.1 Å². The van der Waals surface area contributed by atoms with Gasteiger partial charge in [0, 0.05) is 18.2 Å². The van der Waals surface area contributed by atoms with Crippen LogP contribution in [-0.2, 0) is 0 Å². The highest BCUT2D eigenvalue weighted by Gasteiger charge is 2.15. The Hall–Kier alpha value is -1.20. The Balaban J connectivity index is 3.02. The van der Waals surface area contributed by atoms with Crippen LogP contribution in [0.25, 0.3) is 0 Å². The normalized spacial score (nSPS) is 12.9. The van der Waals surface area contributed by atoms with E-state index in [9.17, 15) is 13.9 Å². The molecule has 0 aliphatic rings. The summed E-state index contributed by atoms with van der Waals surface area (Å²) in [6, 6.07) is 1.43. The van der Waals surface area contributed by atoms with Crippen LogP contribution in [0.4, 0.5) is 8.78 Å². The summed E-state index contributed by atoms with van der Waals surface area (Å²) in [6.07, 6.45) is -1.13. The molecule has 1 unspecified atom stereocenters. The first-order valence-corrected chi connectivity index (χ1v) is 4.06. The highest BCUT2D eigenvalue weighted by atomic mass is 19.1. The van der Waals surface area contributed by atoms with E-state index in [1.165, 1.54) is 0 Å². The maximum atomic E-state index is 13.1. The van der Waals surface area contributed by atoms with Crippen molar-refractivity contribution in [1.82, 2.24) is 5.32 Å². The lowest BCUT2D eigenvalue weighted by atomic mass is 10.1. The van der Waals surface area contributed by atoms with Gasteiger partial charge in [0.15, 0.2) is 11.6 Å². The summed E-state index contributed by atoms with van der Waals surface area (Å²) < 4.78 is 25.9. The van der Waals surface area contributed by atoms with E-state index in [-0.39, 0.29) is 12.1 Å². The molecular weight excluding hydrogens is 192 g/mol. The number of nitrogens with one attached hydrogen (secondary N) is 1. The minimum Gasteiger partial charge on any atom is -0.505 e. The zero-order valence-corrected chi connectivity index (χ0v) is 7.59. The van der Waals surface area contributed by atoms with Crippen LogP contribution in [0.15, 0.2) is 12.1 Å². The minimum absolute atomic E-state index is 0.112. The molecule has 1 aromatic rings. The van der Waals surface area contributed by atoms with E-state index in [0.29, 0.717) is 6.07 Å². The van der Waals surface area contributed by atoms with Crippen molar-refractivity contribution in [1.29, 1.82) is 0 Å². The standard InChI is InChI=1S/C9H11F2NO2/c1-12-4-9(14)5-2-7(11)8(13)3-6(5)10/h2-3,9,12-14H,4H2,1H3. The largest absolute Gasteiger partial charge is 0.505 e. The van der Waals surface area contributed by atoms with Gasteiger partial charge in [0.05, 0.1) is 6.10 Å². The Morgan fingerprint density at radius 3 is 2.57 bits per heavy atom. The van der Waals surface area contributed by atoms with Crippen molar-refractivity contribution in [3.05, 3.63) is 29.3 Å². The van der Waals surface area contributed by atoms with E-state index in [4.69, 9.17) is 5.11 Å². The van der Waals surface area contributed by atoms with Crippen LogP contribution in [0.1, 0.15) is 11.7 Å². The predicted octanol–water partition coefficient (Wildman–Crippen LogP) is 0.923. The van der Waals surface area contributed by atoms with Gasteiger partial charge in [-0.25, -0.2) is 8.78 Å². The Morgan fingerprint density at radius 2 is 2.00 bits per heavy atom. The van der Waals surface area contributed by atoms with Gasteiger partial charge < -0.3 is 15.5 Å². The molecule has 0 bridgehead atoms. The fraction of sp³-hybridized carbons (Fsp3) is 0.333. The first kappa shape index (κ1) is 10.9. The summed E-state index contributed by atoms with van der Waals surface area (Å²) in [7, 11) is 1.58. The maximum absolute atomic E-state index is 13.1. The number of aliphatic hydroxyl groups excluding tert-OH is 1. The zero-order valence-electron chi connectivity index (χ0n) is 7.59. The van der Waals surface area contributed by atoms with Crippen LogP contribution in [-0.4, -0.2) is 23.8 Å². The lowest BCUT2D eigenvalue weighted by Gasteiger charge is -2.11. The number of aliphatic hydroxyl groups is 1. The smallest absolute Gasteiger partial charge is 0.165 e. The monoisotopic (exact) mass is 203 g/mol. The molecular formula is C9H11F2NO2. The van der Waals surface area contributed by atoms with Crippen LogP contribution in [0, 0.1) is 11.6 Å². The van der Waals surface area contributed by atoms with E-state index in [2.05, 4.69) is 5.32 Å². The first-order chi connectivity index (χ1) is 6.56. The number of phenols is 1. The van der Waals surface area contributed by atoms with Gasteiger partial charge in [-0.3, -0.25) is 0 Å². The summed E-state index contributed by atoms with van der Waals surface area (Å²) in [5, 5.41) is 20.8. The quantitative estimate of drug-likeness (QED) is 0.684. The molecule has 1 rings (SSSR count). The Kier molecular flexibility index (Phi) is 3.38. The molecule has 0 heterocycles. The van der Waals surface area contributed by atoms with E-state index in [1.54, 1.807) is 7.05 Å². The number of halogens is 2. The lowest BCUT2D eigenvalue weighted by molar-refractivity contribution is 0.172. The van der Waals surface area contributed by atoms with E-state index >= 15 is 0 Å². The summed E-state index contributed by atoms with van der Waals surface area (Å²) >= 11 is 0. The third kappa shape index (κ3) is 2.18. The molecule has 1 aromatic carbocycles. The maximum Gasteiger partial charge on any atom is 0.165 e. The Morgan fingerprint density at radius 1 is 1.36 bits per heavy atom. The van der Waals surface area contributed by atoms with Gasteiger partial charge >= 0.3 is 0 Å². The lowest BCUT2D eigenvalue weighted by Crippen LogP contribution is -2.17. The zero-order chi connectivity index (χ0) is 10.7. The number of hydrogen-bond donors (Lipinski definition) is 3. The van der Waals surface area contributed by atoms with Gasteiger partial charge in [0.2, 0.25) is 0 Å². The second kappa shape index (κ2) is 4.34. The highest BCUT2D eigenvalue weighted by Crippen LogP contribution is 2.24. The summed E-state index contributed by atoms with van der Waals surface area (Å²) in [5.74, 6) is -2.54. The number of rotatable bonds is 3. The van der Waals surface area contributed by atoms with Crippen molar-refractivity contribution in [3.63, 3.8) is 0 Å². The molecule has 3 N–H and O–H groups in total. The number of hydrogen-bond acceptors (Lipinski definition) is 3. The van der Waals surface area contributed by atoms with E-state index in [0.717, 1.165) is 6.07 Å². The highest BCUT2D eigenvalue weighted by molar-refractivity contribution is 5.31. The molecule has 1 atom stereocenters. The van der Waals surface area contributed by atoms with Gasteiger partial charge in [-0.15, -0.1) is 0 Å². The summed E-state index contributed by atoms with van der Waals surface area (Å²) in [4.78, 5) is 0. The first-order valence-electron chi connectivity index (χ1n) is 4.06. The van der Waals surface area contributed by atoms with E-state index in [1.807, 2.05) is 0 Å². The average Bonchev–Trinajstić information content (AvgIpc) is 2.11. The van der Waals surface area contributed by atoms with Crippen LogP contribution in [0.3, 0.4) is 0 Å².